The zero-order valence-corrected chi connectivity index (χ0v) is 32.2. The van der Waals surface area contributed by atoms with E-state index in [0.29, 0.717) is 11.1 Å². The van der Waals surface area contributed by atoms with Gasteiger partial charge in [0.1, 0.15) is 11.4 Å². The van der Waals surface area contributed by atoms with Gasteiger partial charge in [-0.05, 0) is 23.3 Å². The van der Waals surface area contributed by atoms with Crippen LogP contribution in [0, 0.1) is 40.5 Å². The third-order valence-corrected chi connectivity index (χ3v) is 9.59. The normalized spacial score (nSPS) is 11.7. The lowest BCUT2D eigenvalue weighted by atomic mass is 10.2. The van der Waals surface area contributed by atoms with Crippen LogP contribution in [0.5, 0.6) is 0 Å². The second kappa shape index (κ2) is 21.8. The number of carbonyl (C=O) groups excluding carboxylic acids is 2. The average molecular weight is 859 g/mol. The molecule has 0 aliphatic heterocycles. The van der Waals surface area contributed by atoms with Gasteiger partial charge in [0.05, 0.1) is 44.9 Å². The molecule has 25 heteroatoms. The maximum absolute atomic E-state index is 14.2. The molecule has 4 aromatic carbocycles. The van der Waals surface area contributed by atoms with E-state index in [-0.39, 0.29) is 24.5 Å². The minimum Gasteiger partial charge on any atom is -0.386 e. The van der Waals surface area contributed by atoms with Crippen molar-refractivity contribution in [3.05, 3.63) is 171 Å². The zero-order chi connectivity index (χ0) is 44.4. The molecule has 0 radical (unpaired) electrons. The largest absolute Gasteiger partial charge is 0.386 e. The highest BCUT2D eigenvalue weighted by atomic mass is 32.2. The summed E-state index contributed by atoms with van der Waals surface area (Å²) in [7, 11) is -5.00. The van der Waals surface area contributed by atoms with E-state index in [1.165, 1.54) is 0 Å². The van der Waals surface area contributed by atoms with Gasteiger partial charge in [-0.1, -0.05) is 60.7 Å². The Morgan fingerprint density at radius 1 is 0.557 bits per heavy atom. The van der Waals surface area contributed by atoms with Gasteiger partial charge < -0.3 is 21.3 Å². The molecule has 0 spiro atoms. The second-order valence-corrected chi connectivity index (χ2v) is 13.8. The molecule has 6 N–H and O–H groups in total. The summed E-state index contributed by atoms with van der Waals surface area (Å²) in [6.07, 6.45) is 3.84. The van der Waals surface area contributed by atoms with Crippen molar-refractivity contribution in [3.63, 3.8) is 0 Å². The smallest absolute Gasteiger partial charge is 0.301 e. The summed E-state index contributed by atoms with van der Waals surface area (Å²) >= 11 is 0. The van der Waals surface area contributed by atoms with Crippen LogP contribution in [0.25, 0.3) is 0 Å². The molecule has 0 heterocycles. The molecule has 2 amide bonds. The molecular formula is C36H34N12O12S. The van der Waals surface area contributed by atoms with Crippen LogP contribution >= 0.6 is 0 Å². The number of nitro groups is 4. The Bertz CT molecular complexity index is 2350. The number of carbonyl (C=O) groups is 2. The highest BCUT2D eigenvalue weighted by molar-refractivity contribution is 8.00. The fourth-order valence-electron chi connectivity index (χ4n) is 4.89. The van der Waals surface area contributed by atoms with Crippen molar-refractivity contribution in [1.82, 2.24) is 21.3 Å². The van der Waals surface area contributed by atoms with Crippen LogP contribution in [0.15, 0.2) is 129 Å². The number of benzene rings is 4. The average Bonchev–Trinajstić information content (AvgIpc) is 3.23. The molecule has 316 valence electrons. The summed E-state index contributed by atoms with van der Waals surface area (Å²) < 4.78 is 28.5. The number of rotatable bonds is 22. The van der Waals surface area contributed by atoms with E-state index in [1.807, 2.05) is 0 Å². The third kappa shape index (κ3) is 13.2. The third-order valence-electron chi connectivity index (χ3n) is 7.83. The van der Waals surface area contributed by atoms with Gasteiger partial charge in [-0.3, -0.25) is 60.9 Å². The van der Waals surface area contributed by atoms with Crippen molar-refractivity contribution >= 4 is 68.2 Å². The molecule has 61 heavy (non-hydrogen) atoms. The molecule has 4 rings (SSSR count). The molecule has 0 fully saturated rings. The predicted octanol–water partition coefficient (Wildman–Crippen LogP) is 3.72. The van der Waals surface area contributed by atoms with Gasteiger partial charge in [0.25, 0.3) is 23.2 Å². The van der Waals surface area contributed by atoms with Gasteiger partial charge in [-0.15, -0.1) is 0 Å². The minimum absolute atomic E-state index is 0.0560. The van der Waals surface area contributed by atoms with Crippen LogP contribution < -0.4 is 32.1 Å². The standard InChI is InChI=1S/C36H34N12O12S/c49-35(39-15-17-41-43-29-13-11-27(45(51)52)19-31(29)47(55)56)33(23-37-21-25-7-3-1-4-8-25)61(59,60)34(24-38-22-26-9-5-2-6-10-26)36(50)40-16-18-42-44-30-14-12-28(46(53)54)20-32(30)48(57)58/h1-14,17-20,23-24,37-38,43-44H,15-16,21-22H2,(H,39,49)(H,40,50)/b33-23+,34-24+,41-17-,42-18-. The number of nitrogens with zero attached hydrogens (tertiary/aromatic N) is 6. The number of amides is 2. The minimum atomic E-state index is -5.00. The van der Waals surface area contributed by atoms with Crippen LogP contribution in [0.4, 0.5) is 34.1 Å². The number of hydrogen-bond donors (Lipinski definition) is 6. The molecule has 24 nitrogen and oxygen atoms in total. The topological polar surface area (TPSA) is 338 Å². The van der Waals surface area contributed by atoms with E-state index in [4.69, 9.17) is 0 Å². The Balaban J connectivity index is 1.56. The van der Waals surface area contributed by atoms with Gasteiger partial charge in [0, 0.05) is 50.1 Å². The summed E-state index contributed by atoms with van der Waals surface area (Å²) in [6.45, 7) is -0.793. The molecule has 0 atom stereocenters. The van der Waals surface area contributed by atoms with Crippen molar-refractivity contribution in [3.8, 4) is 0 Å². The van der Waals surface area contributed by atoms with Gasteiger partial charge in [-0.2, -0.15) is 10.2 Å². The monoisotopic (exact) mass is 858 g/mol. The maximum Gasteiger partial charge on any atom is 0.301 e. The van der Waals surface area contributed by atoms with E-state index in [1.54, 1.807) is 60.7 Å². The molecule has 0 aliphatic carbocycles. The lowest BCUT2D eigenvalue weighted by molar-refractivity contribution is -0.393. The number of hydrogen-bond acceptors (Lipinski definition) is 18. The number of anilines is 2. The Morgan fingerprint density at radius 2 is 0.934 bits per heavy atom. The molecule has 4 aromatic rings. The first-order valence-electron chi connectivity index (χ1n) is 17.4. The van der Waals surface area contributed by atoms with E-state index >= 15 is 0 Å². The summed E-state index contributed by atoms with van der Waals surface area (Å²) in [5, 5.41) is 62.7. The van der Waals surface area contributed by atoms with Gasteiger partial charge in [0.15, 0.2) is 9.81 Å². The van der Waals surface area contributed by atoms with Crippen LogP contribution in [0.1, 0.15) is 11.1 Å². The molecule has 0 saturated heterocycles. The van der Waals surface area contributed by atoms with Gasteiger partial charge in [0.2, 0.25) is 9.84 Å². The fourth-order valence-corrected chi connectivity index (χ4v) is 6.24. The number of nitrogens with one attached hydrogen (secondary N) is 6. The highest BCUT2D eigenvalue weighted by Crippen LogP contribution is 2.30. The SMILES string of the molecule is O=C(NC/C=N\Nc1ccc([N+](=O)[O-])cc1[N+](=O)[O-])/C(=C\NCc1ccccc1)S(=O)(=O)/C(=C/NCc1ccccc1)C(=O)NC/C=N\Nc1ccc([N+](=O)[O-])cc1[N+](=O)[O-]. The molecule has 0 bridgehead atoms. The van der Waals surface area contributed by atoms with E-state index in [9.17, 15) is 58.5 Å². The first-order valence-corrected chi connectivity index (χ1v) is 18.8. The number of non-ortho nitro benzene ring substituents is 2. The first-order chi connectivity index (χ1) is 29.2. The lowest BCUT2D eigenvalue weighted by Crippen LogP contribution is -2.36. The van der Waals surface area contributed by atoms with E-state index in [0.717, 1.165) is 61.2 Å². The molecule has 0 unspecified atom stereocenters. The highest BCUT2D eigenvalue weighted by Gasteiger charge is 2.33. The second-order valence-electron chi connectivity index (χ2n) is 12.0. The molecular weight excluding hydrogens is 825 g/mol. The summed E-state index contributed by atoms with van der Waals surface area (Å²) in [5.74, 6) is -2.41. The first kappa shape index (κ1) is 45.1. The van der Waals surface area contributed by atoms with Crippen LogP contribution in [0.2, 0.25) is 0 Å². The number of hydrazone groups is 2. The van der Waals surface area contributed by atoms with Crippen LogP contribution in [-0.2, 0) is 32.5 Å². The zero-order valence-electron chi connectivity index (χ0n) is 31.4. The van der Waals surface area contributed by atoms with Gasteiger partial charge in [-0.25, -0.2) is 8.42 Å². The quantitative estimate of drug-likeness (QED) is 0.0284. The maximum atomic E-state index is 14.2. The van der Waals surface area contributed by atoms with Crippen molar-refractivity contribution in [2.24, 2.45) is 10.2 Å². The van der Waals surface area contributed by atoms with Crippen LogP contribution in [0.3, 0.4) is 0 Å². The molecule has 0 aliphatic rings. The van der Waals surface area contributed by atoms with Crippen molar-refractivity contribution in [2.45, 2.75) is 13.1 Å². The Kier molecular flexibility index (Phi) is 16.1. The summed E-state index contributed by atoms with van der Waals surface area (Å²) in [6, 6.07) is 23.0. The van der Waals surface area contributed by atoms with Crippen molar-refractivity contribution in [1.29, 1.82) is 0 Å². The number of nitro benzene ring substituents is 4. The Labute approximate surface area is 344 Å². The van der Waals surface area contributed by atoms with Crippen molar-refractivity contribution in [2.75, 3.05) is 23.9 Å². The predicted molar refractivity (Wildman–Crippen MR) is 221 cm³/mol. The molecule has 0 aromatic heterocycles. The van der Waals surface area contributed by atoms with Crippen LogP contribution in [-0.4, -0.2) is 65.4 Å². The van der Waals surface area contributed by atoms with E-state index in [2.05, 4.69) is 42.3 Å². The van der Waals surface area contributed by atoms with E-state index < -0.39 is 87.0 Å². The number of sulfone groups is 1. The fraction of sp³-hybridized carbons (Fsp3) is 0.111. The Morgan fingerprint density at radius 3 is 1.28 bits per heavy atom. The van der Waals surface area contributed by atoms with Crippen molar-refractivity contribution < 1.29 is 37.7 Å². The summed E-state index contributed by atoms with van der Waals surface area (Å²) in [4.78, 5) is 66.9. The van der Waals surface area contributed by atoms with Gasteiger partial charge >= 0.3 is 11.4 Å². The summed E-state index contributed by atoms with van der Waals surface area (Å²) in [5.41, 5.74) is 3.26. The molecule has 0 saturated carbocycles. The Hall–Kier alpha value is -8.61. The lowest BCUT2D eigenvalue weighted by Gasteiger charge is -2.14.